The Hall–Kier alpha value is -3.00. The fourth-order valence-corrected chi connectivity index (χ4v) is 3.49. The second-order valence-electron chi connectivity index (χ2n) is 6.80. The van der Waals surface area contributed by atoms with Gasteiger partial charge in [0.25, 0.3) is 5.91 Å². The van der Waals surface area contributed by atoms with Crippen LogP contribution in [0.3, 0.4) is 0 Å². The third-order valence-corrected chi connectivity index (χ3v) is 4.81. The van der Waals surface area contributed by atoms with Crippen LogP contribution < -0.4 is 5.32 Å². The van der Waals surface area contributed by atoms with Crippen LogP contribution in [0.2, 0.25) is 5.02 Å². The first-order valence-corrected chi connectivity index (χ1v) is 9.24. The van der Waals surface area contributed by atoms with Crippen molar-refractivity contribution in [1.29, 1.82) is 0 Å². The zero-order valence-corrected chi connectivity index (χ0v) is 17.1. The van der Waals surface area contributed by atoms with Gasteiger partial charge in [-0.2, -0.15) is 13.2 Å². The van der Waals surface area contributed by atoms with Crippen LogP contribution in [0.5, 0.6) is 0 Å². The number of ketones is 1. The Bertz CT molecular complexity index is 1050. The Morgan fingerprint density at radius 3 is 2.40 bits per heavy atom. The minimum absolute atomic E-state index is 0.107. The van der Waals surface area contributed by atoms with Gasteiger partial charge in [0, 0.05) is 37.3 Å². The minimum Gasteiger partial charge on any atom is -0.462 e. The molecule has 0 aliphatic carbocycles. The minimum atomic E-state index is -4.88. The van der Waals surface area contributed by atoms with Crippen molar-refractivity contribution < 1.29 is 27.5 Å². The van der Waals surface area contributed by atoms with Gasteiger partial charge in [0.05, 0.1) is 16.7 Å². The van der Waals surface area contributed by atoms with Gasteiger partial charge >= 0.3 is 6.18 Å². The Balaban J connectivity index is 2.20. The molecule has 0 bridgehead atoms. The number of halogens is 4. The van der Waals surface area contributed by atoms with Gasteiger partial charge in [-0.05, 0) is 18.2 Å². The van der Waals surface area contributed by atoms with E-state index >= 15 is 0 Å². The van der Waals surface area contributed by atoms with Crippen LogP contribution in [0.1, 0.15) is 33.2 Å². The number of hydrogen-bond acceptors (Lipinski definition) is 4. The molecule has 1 unspecified atom stereocenters. The Labute approximate surface area is 176 Å². The maximum atomic E-state index is 14.0. The summed E-state index contributed by atoms with van der Waals surface area (Å²) in [4.78, 5) is 26.6. The van der Waals surface area contributed by atoms with Crippen molar-refractivity contribution in [3.63, 3.8) is 0 Å². The summed E-state index contributed by atoms with van der Waals surface area (Å²) in [7, 11) is 4.14. The average molecular weight is 439 g/mol. The molecule has 0 saturated heterocycles. The molecule has 9 heteroatoms. The lowest BCUT2D eigenvalue weighted by atomic mass is 9.90. The van der Waals surface area contributed by atoms with Gasteiger partial charge in [-0.15, -0.1) is 0 Å². The van der Waals surface area contributed by atoms with Gasteiger partial charge in [-0.3, -0.25) is 9.59 Å². The summed E-state index contributed by atoms with van der Waals surface area (Å²) in [6, 6.07) is 9.88. The standard InChI is InChI=1S/C21H18ClF3N2O3/c1-26-19-15(17(28)18(30-19)11-6-4-7-12(22)10-11)13-8-5-9-14(20(29)27(2)3)16(13)21(23,24)25/h4-10,18,26H,1-3H3. The molecular weight excluding hydrogens is 421 g/mol. The van der Waals surface area contributed by atoms with E-state index in [9.17, 15) is 22.8 Å². The highest BCUT2D eigenvalue weighted by Crippen LogP contribution is 2.43. The third kappa shape index (κ3) is 3.87. The summed E-state index contributed by atoms with van der Waals surface area (Å²) < 4.78 is 47.7. The Kier molecular flexibility index (Phi) is 5.81. The molecule has 3 rings (SSSR count). The van der Waals surface area contributed by atoms with E-state index in [0.29, 0.717) is 10.6 Å². The molecule has 1 aliphatic heterocycles. The van der Waals surface area contributed by atoms with E-state index in [4.69, 9.17) is 16.3 Å². The molecule has 0 saturated carbocycles. The molecule has 0 spiro atoms. The van der Waals surface area contributed by atoms with E-state index in [2.05, 4.69) is 5.32 Å². The quantitative estimate of drug-likeness (QED) is 0.773. The number of nitrogens with one attached hydrogen (secondary N) is 1. The number of Topliss-reactive ketones (excluding diaryl/α,β-unsaturated/α-hetero) is 1. The van der Waals surface area contributed by atoms with Crippen molar-refractivity contribution in [2.24, 2.45) is 0 Å². The van der Waals surface area contributed by atoms with Crippen LogP contribution >= 0.6 is 11.6 Å². The molecule has 1 heterocycles. The van der Waals surface area contributed by atoms with Gasteiger partial charge in [-0.25, -0.2) is 0 Å². The number of hydrogen-bond donors (Lipinski definition) is 1. The molecule has 0 radical (unpaired) electrons. The summed E-state index contributed by atoms with van der Waals surface area (Å²) in [6.45, 7) is 0. The van der Waals surface area contributed by atoms with E-state index in [0.717, 1.165) is 17.0 Å². The highest BCUT2D eigenvalue weighted by molar-refractivity contribution is 6.31. The summed E-state index contributed by atoms with van der Waals surface area (Å²) in [5.41, 5.74) is -2.02. The largest absolute Gasteiger partial charge is 0.462 e. The summed E-state index contributed by atoms with van der Waals surface area (Å²) in [6.07, 6.45) is -6.03. The lowest BCUT2D eigenvalue weighted by Crippen LogP contribution is -2.26. The molecule has 2 aromatic carbocycles. The van der Waals surface area contributed by atoms with Gasteiger partial charge in [0.1, 0.15) is 0 Å². The van der Waals surface area contributed by atoms with Crippen molar-refractivity contribution in [3.8, 4) is 0 Å². The van der Waals surface area contributed by atoms with Crippen molar-refractivity contribution in [1.82, 2.24) is 10.2 Å². The molecule has 1 amide bonds. The molecule has 1 atom stereocenters. The smallest absolute Gasteiger partial charge is 0.417 e. The fraction of sp³-hybridized carbons (Fsp3) is 0.238. The van der Waals surface area contributed by atoms with E-state index in [1.807, 2.05) is 0 Å². The van der Waals surface area contributed by atoms with Crippen LogP contribution in [-0.4, -0.2) is 37.7 Å². The first kappa shape index (κ1) is 21.7. The van der Waals surface area contributed by atoms with Crippen LogP contribution in [0.15, 0.2) is 48.3 Å². The normalized spacial score (nSPS) is 16.5. The van der Waals surface area contributed by atoms with E-state index < -0.39 is 40.7 Å². The Morgan fingerprint density at radius 1 is 1.17 bits per heavy atom. The second-order valence-corrected chi connectivity index (χ2v) is 7.23. The molecule has 1 N–H and O–H groups in total. The summed E-state index contributed by atoms with van der Waals surface area (Å²) in [5, 5.41) is 3.01. The first-order chi connectivity index (χ1) is 14.1. The van der Waals surface area contributed by atoms with Crippen LogP contribution in [0, 0.1) is 0 Å². The maximum Gasteiger partial charge on any atom is 0.417 e. The zero-order valence-electron chi connectivity index (χ0n) is 16.3. The molecule has 5 nitrogen and oxygen atoms in total. The van der Waals surface area contributed by atoms with Crippen molar-refractivity contribution in [2.45, 2.75) is 12.3 Å². The lowest BCUT2D eigenvalue weighted by Gasteiger charge is -2.19. The topological polar surface area (TPSA) is 58.6 Å². The van der Waals surface area contributed by atoms with E-state index in [-0.39, 0.29) is 11.5 Å². The number of nitrogens with zero attached hydrogens (tertiary/aromatic N) is 1. The summed E-state index contributed by atoms with van der Waals surface area (Å²) >= 11 is 5.98. The molecule has 0 fully saturated rings. The van der Waals surface area contributed by atoms with Crippen LogP contribution in [0.4, 0.5) is 13.2 Å². The predicted molar refractivity (Wildman–Crippen MR) is 106 cm³/mol. The highest BCUT2D eigenvalue weighted by atomic mass is 35.5. The van der Waals surface area contributed by atoms with Crippen molar-refractivity contribution >= 4 is 28.9 Å². The van der Waals surface area contributed by atoms with Gasteiger partial charge in [-0.1, -0.05) is 35.9 Å². The maximum absolute atomic E-state index is 14.0. The molecule has 1 aliphatic rings. The number of rotatable bonds is 4. The van der Waals surface area contributed by atoms with Gasteiger partial charge in [0.2, 0.25) is 5.78 Å². The van der Waals surface area contributed by atoms with Crippen molar-refractivity contribution in [2.75, 3.05) is 21.1 Å². The monoisotopic (exact) mass is 438 g/mol. The molecule has 2 aromatic rings. The lowest BCUT2D eigenvalue weighted by molar-refractivity contribution is -0.138. The van der Waals surface area contributed by atoms with Crippen molar-refractivity contribution in [3.05, 3.63) is 75.6 Å². The average Bonchev–Trinajstić information content (AvgIpc) is 3.02. The number of alkyl halides is 3. The number of amides is 1. The predicted octanol–water partition coefficient (Wildman–Crippen LogP) is 4.29. The third-order valence-electron chi connectivity index (χ3n) is 4.58. The first-order valence-electron chi connectivity index (χ1n) is 8.86. The number of ether oxygens (including phenoxy) is 1. The van der Waals surface area contributed by atoms with E-state index in [1.165, 1.54) is 33.3 Å². The zero-order chi connectivity index (χ0) is 22.2. The van der Waals surface area contributed by atoms with Gasteiger partial charge < -0.3 is 15.0 Å². The number of benzene rings is 2. The molecule has 30 heavy (non-hydrogen) atoms. The number of carbonyl (C=O) groups excluding carboxylic acids is 2. The molecular formula is C21H18ClF3N2O3. The second kappa shape index (κ2) is 8.02. The fourth-order valence-electron chi connectivity index (χ4n) is 3.29. The highest BCUT2D eigenvalue weighted by Gasteiger charge is 2.44. The number of carbonyl (C=O) groups is 2. The Morgan fingerprint density at radius 2 is 1.83 bits per heavy atom. The van der Waals surface area contributed by atoms with Gasteiger partial charge in [0.15, 0.2) is 12.0 Å². The van der Waals surface area contributed by atoms with Crippen LogP contribution in [0.25, 0.3) is 5.57 Å². The molecule has 0 aromatic heterocycles. The van der Waals surface area contributed by atoms with E-state index in [1.54, 1.807) is 18.2 Å². The van der Waals surface area contributed by atoms with Crippen LogP contribution in [-0.2, 0) is 15.7 Å². The molecule has 158 valence electrons. The summed E-state index contributed by atoms with van der Waals surface area (Å²) in [5.74, 6) is -1.60. The SMILES string of the molecule is CNC1=C(c2cccc(C(=O)N(C)C)c2C(F)(F)F)C(=O)C(c2cccc(Cl)c2)O1.